The van der Waals surface area contributed by atoms with Crippen LogP contribution in [0.3, 0.4) is 0 Å². The van der Waals surface area contributed by atoms with Crippen molar-refractivity contribution < 1.29 is 9.59 Å². The molecule has 6 heteroatoms. The number of carbonyl (C=O) groups excluding carboxylic acids is 2. The summed E-state index contributed by atoms with van der Waals surface area (Å²) in [5.74, 6) is 0.483. The number of amides is 1. The lowest BCUT2D eigenvalue weighted by Gasteiger charge is -2.06. The van der Waals surface area contributed by atoms with Gasteiger partial charge in [0.25, 0.3) is 5.91 Å². The third-order valence-corrected chi connectivity index (χ3v) is 6.52. The summed E-state index contributed by atoms with van der Waals surface area (Å²) >= 11 is 1.46. The summed E-state index contributed by atoms with van der Waals surface area (Å²) in [5.41, 5.74) is 3.60. The van der Waals surface area contributed by atoms with E-state index in [-0.39, 0.29) is 23.5 Å². The number of pyridine rings is 1. The van der Waals surface area contributed by atoms with Crippen LogP contribution in [0.15, 0.2) is 73.1 Å². The molecule has 5 nitrogen and oxygen atoms in total. The first kappa shape index (κ1) is 19.6. The Kier molecular flexibility index (Phi) is 5.30. The predicted octanol–water partition coefficient (Wildman–Crippen LogP) is 4.54. The van der Waals surface area contributed by atoms with Crippen molar-refractivity contribution in [2.75, 3.05) is 0 Å². The summed E-state index contributed by atoms with van der Waals surface area (Å²) < 4.78 is 5.31. The van der Waals surface area contributed by atoms with E-state index in [1.807, 2.05) is 60.8 Å². The molecule has 1 fully saturated rings. The number of aromatic nitrogens is 2. The molecule has 0 aliphatic heterocycles. The van der Waals surface area contributed by atoms with Crippen molar-refractivity contribution >= 4 is 33.3 Å². The molecule has 0 saturated heterocycles. The Labute approximate surface area is 184 Å². The zero-order valence-electron chi connectivity index (χ0n) is 16.8. The average molecular weight is 428 g/mol. The second kappa shape index (κ2) is 8.40. The lowest BCUT2D eigenvalue weighted by atomic mass is 10.0. The third kappa shape index (κ3) is 4.39. The number of Topliss-reactive ketones (excluding diaryl/α,β-unsaturated/α-hetero) is 1. The van der Waals surface area contributed by atoms with E-state index in [9.17, 15) is 9.59 Å². The Morgan fingerprint density at radius 3 is 2.74 bits per heavy atom. The van der Waals surface area contributed by atoms with Gasteiger partial charge in [-0.05, 0) is 65.3 Å². The van der Waals surface area contributed by atoms with Crippen LogP contribution in [0.25, 0.3) is 10.1 Å². The van der Waals surface area contributed by atoms with Crippen molar-refractivity contribution in [2.24, 2.45) is 5.92 Å². The number of fused-ring (bicyclic) bond motifs is 1. The Balaban J connectivity index is 1.17. The number of rotatable bonds is 7. The molecule has 0 radical (unpaired) electrons. The fourth-order valence-electron chi connectivity index (χ4n) is 3.92. The van der Waals surface area contributed by atoms with Gasteiger partial charge in [-0.1, -0.05) is 30.3 Å². The highest BCUT2D eigenvalue weighted by molar-refractivity contribution is 7.13. The van der Waals surface area contributed by atoms with Crippen molar-refractivity contribution in [1.29, 1.82) is 0 Å². The van der Waals surface area contributed by atoms with E-state index in [2.05, 4.69) is 20.7 Å². The molecule has 154 valence electrons. The predicted molar refractivity (Wildman–Crippen MR) is 121 cm³/mol. The normalized spacial score (nSPS) is 17.4. The van der Waals surface area contributed by atoms with Crippen LogP contribution >= 0.6 is 11.5 Å². The third-order valence-electron chi connectivity index (χ3n) is 5.76. The van der Waals surface area contributed by atoms with Crippen molar-refractivity contribution in [1.82, 2.24) is 14.7 Å². The number of benzene rings is 2. The van der Waals surface area contributed by atoms with Gasteiger partial charge in [-0.25, -0.2) is 0 Å². The van der Waals surface area contributed by atoms with Gasteiger partial charge >= 0.3 is 0 Å². The maximum Gasteiger partial charge on any atom is 0.251 e. The van der Waals surface area contributed by atoms with E-state index < -0.39 is 0 Å². The molecule has 2 atom stereocenters. The fourth-order valence-corrected chi connectivity index (χ4v) is 4.63. The molecule has 1 amide bonds. The molecular formula is C25H21N3O2S. The molecule has 0 spiro atoms. The van der Waals surface area contributed by atoms with Gasteiger partial charge in [-0.2, -0.15) is 4.37 Å². The number of carbonyl (C=O) groups is 2. The highest BCUT2D eigenvalue weighted by Gasteiger charge is 2.43. The van der Waals surface area contributed by atoms with E-state index in [1.165, 1.54) is 11.5 Å². The summed E-state index contributed by atoms with van der Waals surface area (Å²) in [6.45, 7) is 0.397. The van der Waals surface area contributed by atoms with Gasteiger partial charge < -0.3 is 5.32 Å². The largest absolute Gasteiger partial charge is 0.346 e. The monoisotopic (exact) mass is 427 g/mol. The van der Waals surface area contributed by atoms with Crippen LogP contribution in [-0.4, -0.2) is 21.0 Å². The molecule has 1 aliphatic carbocycles. The SMILES string of the molecule is O=C(NCc1ccccn1)c1ccc(C2C[C@@H]2C(=O)Cc2ccc3cnsc3c2)cc1. The lowest BCUT2D eigenvalue weighted by Crippen LogP contribution is -2.23. The number of hydrogen-bond donors (Lipinski definition) is 1. The first-order valence-electron chi connectivity index (χ1n) is 10.3. The van der Waals surface area contributed by atoms with Gasteiger partial charge in [0, 0.05) is 35.7 Å². The van der Waals surface area contributed by atoms with Crippen LogP contribution in [0.1, 0.15) is 39.5 Å². The van der Waals surface area contributed by atoms with Crippen molar-refractivity contribution in [2.45, 2.75) is 25.3 Å². The fraction of sp³-hybridized carbons (Fsp3) is 0.200. The minimum absolute atomic E-state index is 0.0704. The van der Waals surface area contributed by atoms with Gasteiger partial charge in [0.1, 0.15) is 5.78 Å². The van der Waals surface area contributed by atoms with Crippen molar-refractivity contribution in [3.8, 4) is 0 Å². The lowest BCUT2D eigenvalue weighted by molar-refractivity contribution is -0.119. The Hall–Kier alpha value is -3.38. The summed E-state index contributed by atoms with van der Waals surface area (Å²) in [6, 6.07) is 19.3. The summed E-state index contributed by atoms with van der Waals surface area (Å²) in [5, 5.41) is 4.01. The van der Waals surface area contributed by atoms with E-state index in [4.69, 9.17) is 0 Å². The molecular weight excluding hydrogens is 406 g/mol. The Bertz CT molecular complexity index is 1230. The van der Waals surface area contributed by atoms with Crippen LogP contribution in [0.2, 0.25) is 0 Å². The standard InChI is InChI=1S/C25H21N3O2S/c29-23(11-16-4-5-19-14-28-31-24(19)12-16)22-13-21(22)17-6-8-18(9-7-17)25(30)27-15-20-3-1-2-10-26-20/h1-10,12,14,21-22H,11,13,15H2,(H,27,30)/t21?,22-/m0/s1. The number of ketones is 1. The van der Waals surface area contributed by atoms with Gasteiger partial charge in [0.15, 0.2) is 0 Å². The van der Waals surface area contributed by atoms with Gasteiger partial charge in [-0.15, -0.1) is 0 Å². The van der Waals surface area contributed by atoms with Crippen LogP contribution < -0.4 is 5.32 Å². The minimum atomic E-state index is -0.126. The van der Waals surface area contributed by atoms with E-state index in [0.29, 0.717) is 18.5 Å². The summed E-state index contributed by atoms with van der Waals surface area (Å²) in [6.07, 6.45) is 4.90. The Morgan fingerprint density at radius 2 is 1.94 bits per heavy atom. The molecule has 0 bridgehead atoms. The first-order chi connectivity index (χ1) is 15.2. The molecule has 1 aliphatic rings. The average Bonchev–Trinajstić information content (AvgIpc) is 3.48. The second-order valence-electron chi connectivity index (χ2n) is 7.92. The van der Waals surface area contributed by atoms with Crippen LogP contribution in [0, 0.1) is 5.92 Å². The van der Waals surface area contributed by atoms with Gasteiger partial charge in [-0.3, -0.25) is 14.6 Å². The van der Waals surface area contributed by atoms with Gasteiger partial charge in [0.2, 0.25) is 0 Å². The van der Waals surface area contributed by atoms with Crippen LogP contribution in [0.4, 0.5) is 0 Å². The summed E-state index contributed by atoms with van der Waals surface area (Å²) in [4.78, 5) is 29.3. The summed E-state index contributed by atoms with van der Waals surface area (Å²) in [7, 11) is 0. The molecule has 5 rings (SSSR count). The van der Waals surface area contributed by atoms with Crippen molar-refractivity contribution in [3.63, 3.8) is 0 Å². The van der Waals surface area contributed by atoms with E-state index in [1.54, 1.807) is 6.20 Å². The maximum atomic E-state index is 12.7. The number of nitrogens with one attached hydrogen (secondary N) is 1. The zero-order valence-corrected chi connectivity index (χ0v) is 17.6. The highest BCUT2D eigenvalue weighted by atomic mass is 32.1. The van der Waals surface area contributed by atoms with E-state index >= 15 is 0 Å². The first-order valence-corrected chi connectivity index (χ1v) is 11.1. The maximum absolute atomic E-state index is 12.7. The molecule has 31 heavy (non-hydrogen) atoms. The molecule has 2 heterocycles. The second-order valence-corrected chi connectivity index (χ2v) is 8.75. The quantitative estimate of drug-likeness (QED) is 0.470. The zero-order chi connectivity index (χ0) is 21.2. The minimum Gasteiger partial charge on any atom is -0.346 e. The molecule has 1 unspecified atom stereocenters. The Morgan fingerprint density at radius 1 is 1.06 bits per heavy atom. The van der Waals surface area contributed by atoms with Crippen LogP contribution in [0.5, 0.6) is 0 Å². The van der Waals surface area contributed by atoms with Crippen LogP contribution in [-0.2, 0) is 17.8 Å². The molecule has 2 aromatic carbocycles. The molecule has 1 saturated carbocycles. The molecule has 1 N–H and O–H groups in total. The van der Waals surface area contributed by atoms with E-state index in [0.717, 1.165) is 33.3 Å². The number of hydrogen-bond acceptors (Lipinski definition) is 5. The topological polar surface area (TPSA) is 72.0 Å². The van der Waals surface area contributed by atoms with Gasteiger partial charge in [0.05, 0.1) is 16.9 Å². The highest BCUT2D eigenvalue weighted by Crippen LogP contribution is 2.48. The smallest absolute Gasteiger partial charge is 0.251 e. The van der Waals surface area contributed by atoms with Crippen molar-refractivity contribution in [3.05, 3.63) is 95.4 Å². The molecule has 4 aromatic rings. The molecule has 2 aromatic heterocycles. The number of nitrogens with zero attached hydrogens (tertiary/aromatic N) is 2.